The fourth-order valence-electron chi connectivity index (χ4n) is 1.56. The van der Waals surface area contributed by atoms with Gasteiger partial charge in [0.2, 0.25) is 0 Å². The average molecular weight is 353 g/mol. The Morgan fingerprint density at radius 2 is 1.70 bits per heavy atom. The third kappa shape index (κ3) is 5.64. The van der Waals surface area contributed by atoms with E-state index in [4.69, 9.17) is 4.33 Å². The maximum atomic E-state index is 11.4. The van der Waals surface area contributed by atoms with Gasteiger partial charge in [-0.15, -0.1) is 5.11 Å². The third-order valence-electron chi connectivity index (χ3n) is 2.66. The summed E-state index contributed by atoms with van der Waals surface area (Å²) >= 11 is 1.10. The van der Waals surface area contributed by atoms with Gasteiger partial charge >= 0.3 is 0 Å². The molecular formula is C14H15N3O4S2. The average Bonchev–Trinajstić information content (AvgIpc) is 2.54. The molecular weight excluding hydrogens is 338 g/mol. The number of anilines is 1. The minimum absolute atomic E-state index is 0.246. The van der Waals surface area contributed by atoms with Crippen molar-refractivity contribution >= 4 is 33.3 Å². The Morgan fingerprint density at radius 3 is 2.26 bits per heavy atom. The van der Waals surface area contributed by atoms with E-state index in [1.165, 1.54) is 19.2 Å². The highest BCUT2D eigenvalue weighted by Gasteiger charge is 2.05. The van der Waals surface area contributed by atoms with E-state index in [1.807, 2.05) is 24.3 Å². The van der Waals surface area contributed by atoms with E-state index in [-0.39, 0.29) is 4.90 Å². The van der Waals surface area contributed by atoms with Crippen molar-refractivity contribution in [2.75, 3.05) is 18.8 Å². The molecule has 2 rings (SSSR count). The number of nitrogens with one attached hydrogen (secondary N) is 1. The van der Waals surface area contributed by atoms with Crippen LogP contribution in [0.25, 0.3) is 0 Å². The van der Waals surface area contributed by atoms with Gasteiger partial charge in [0.15, 0.2) is 9.84 Å². The lowest BCUT2D eigenvalue weighted by atomic mass is 10.3. The van der Waals surface area contributed by atoms with Gasteiger partial charge in [-0.2, -0.15) is 4.33 Å². The van der Waals surface area contributed by atoms with E-state index in [1.54, 1.807) is 12.1 Å². The summed E-state index contributed by atoms with van der Waals surface area (Å²) in [4.78, 5) is 5.62. The van der Waals surface area contributed by atoms with Crippen LogP contribution in [0.4, 0.5) is 11.4 Å². The molecule has 0 aliphatic carbocycles. The first kappa shape index (κ1) is 17.4. The van der Waals surface area contributed by atoms with Crippen molar-refractivity contribution in [2.45, 2.75) is 9.79 Å². The number of hydrogen-bond donors (Lipinski definition) is 1. The fraction of sp³-hybridized carbons (Fsp3) is 0.143. The lowest BCUT2D eigenvalue weighted by molar-refractivity contribution is -0.160. The van der Waals surface area contributed by atoms with Gasteiger partial charge in [0, 0.05) is 11.2 Å². The number of sulfone groups is 1. The van der Waals surface area contributed by atoms with Crippen LogP contribution in [0.2, 0.25) is 0 Å². The van der Waals surface area contributed by atoms with Crippen molar-refractivity contribution < 1.29 is 17.6 Å². The minimum Gasteiger partial charge on any atom is -0.260 e. The lowest BCUT2D eigenvalue weighted by Gasteiger charge is -2.01. The zero-order valence-corrected chi connectivity index (χ0v) is 14.1. The van der Waals surface area contributed by atoms with Crippen LogP contribution in [0.3, 0.4) is 0 Å². The molecule has 0 aromatic heterocycles. The second-order valence-corrected chi connectivity index (χ2v) is 7.21. The summed E-state index contributed by atoms with van der Waals surface area (Å²) in [6, 6.07) is 13.5. The van der Waals surface area contributed by atoms with Crippen LogP contribution in [-0.4, -0.2) is 21.8 Å². The summed E-state index contributed by atoms with van der Waals surface area (Å²) in [6.45, 7) is 0. The molecule has 0 bridgehead atoms. The van der Waals surface area contributed by atoms with Gasteiger partial charge < -0.3 is 0 Å². The molecule has 0 aliphatic rings. The second kappa shape index (κ2) is 8.06. The first-order valence-corrected chi connectivity index (χ1v) is 9.06. The molecule has 0 aliphatic heterocycles. The SMILES string of the molecule is COOSc1ccc(NN=Nc2ccc(S(C)(=O)=O)cc2)cc1. The molecule has 0 spiro atoms. The van der Waals surface area contributed by atoms with E-state index < -0.39 is 9.84 Å². The maximum Gasteiger partial charge on any atom is 0.175 e. The standard InChI is InChI=1S/C14H15N3O4S2/c1-20-21-22-13-7-3-11(4-8-13)15-17-16-12-5-9-14(10-6-12)23(2,18)19/h3-10H,1-2H3,(H,15,16). The van der Waals surface area contributed by atoms with Crippen LogP contribution >= 0.6 is 12.0 Å². The lowest BCUT2D eigenvalue weighted by Crippen LogP contribution is -1.95. The van der Waals surface area contributed by atoms with Gasteiger partial charge in [0.25, 0.3) is 0 Å². The first-order chi connectivity index (χ1) is 11.0. The van der Waals surface area contributed by atoms with Gasteiger partial charge in [-0.1, -0.05) is 5.22 Å². The molecule has 2 aromatic rings. The Hall–Kier alpha value is -1.94. The van der Waals surface area contributed by atoms with Crippen LogP contribution < -0.4 is 5.43 Å². The monoisotopic (exact) mass is 353 g/mol. The van der Waals surface area contributed by atoms with Crippen molar-refractivity contribution in [1.82, 2.24) is 0 Å². The Bertz CT molecular complexity index is 760. The molecule has 0 fully saturated rings. The summed E-state index contributed by atoms with van der Waals surface area (Å²) < 4.78 is 27.4. The number of nitrogens with zero attached hydrogens (tertiary/aromatic N) is 2. The molecule has 7 nitrogen and oxygen atoms in total. The van der Waals surface area contributed by atoms with E-state index in [0.29, 0.717) is 5.69 Å². The van der Waals surface area contributed by atoms with Crippen LogP contribution in [0.5, 0.6) is 0 Å². The number of rotatable bonds is 7. The summed E-state index contributed by atoms with van der Waals surface area (Å²) in [5, 5.41) is 7.82. The summed E-state index contributed by atoms with van der Waals surface area (Å²) in [5.41, 5.74) is 4.08. The summed E-state index contributed by atoms with van der Waals surface area (Å²) in [7, 11) is -1.77. The molecule has 23 heavy (non-hydrogen) atoms. The summed E-state index contributed by atoms with van der Waals surface area (Å²) in [5.74, 6) is 0. The van der Waals surface area contributed by atoms with E-state index >= 15 is 0 Å². The highest BCUT2D eigenvalue weighted by Crippen LogP contribution is 2.21. The highest BCUT2D eigenvalue weighted by molar-refractivity contribution is 7.94. The molecule has 0 heterocycles. The van der Waals surface area contributed by atoms with Crippen molar-refractivity contribution in [3.63, 3.8) is 0 Å². The predicted molar refractivity (Wildman–Crippen MR) is 88.1 cm³/mol. The van der Waals surface area contributed by atoms with Gasteiger partial charge in [-0.05, 0) is 48.5 Å². The smallest absolute Gasteiger partial charge is 0.175 e. The quantitative estimate of drug-likeness (QED) is 0.352. The Balaban J connectivity index is 1.93. The van der Waals surface area contributed by atoms with Gasteiger partial charge in [0.05, 0.1) is 35.4 Å². The van der Waals surface area contributed by atoms with Gasteiger partial charge in [0.1, 0.15) is 0 Å². The van der Waals surface area contributed by atoms with Crippen molar-refractivity contribution in [1.29, 1.82) is 0 Å². The Labute approximate surface area is 138 Å². The fourth-order valence-corrected chi connectivity index (χ4v) is 2.58. The minimum atomic E-state index is -3.20. The molecule has 0 amide bonds. The molecule has 0 unspecified atom stereocenters. The molecule has 1 N–H and O–H groups in total. The van der Waals surface area contributed by atoms with E-state index in [0.717, 1.165) is 28.9 Å². The predicted octanol–water partition coefficient (Wildman–Crippen LogP) is 3.79. The molecule has 9 heteroatoms. The van der Waals surface area contributed by atoms with Crippen LogP contribution in [-0.2, 0) is 19.1 Å². The largest absolute Gasteiger partial charge is 0.260 e. The molecule has 0 atom stereocenters. The number of benzene rings is 2. The second-order valence-electron chi connectivity index (χ2n) is 4.42. The van der Waals surface area contributed by atoms with Gasteiger partial charge in [-0.25, -0.2) is 13.3 Å². The molecule has 122 valence electrons. The van der Waals surface area contributed by atoms with E-state index in [9.17, 15) is 8.42 Å². The van der Waals surface area contributed by atoms with Crippen molar-refractivity contribution in [3.05, 3.63) is 48.5 Å². The van der Waals surface area contributed by atoms with Crippen LogP contribution in [0.1, 0.15) is 0 Å². The highest BCUT2D eigenvalue weighted by atomic mass is 32.2. The van der Waals surface area contributed by atoms with Crippen molar-refractivity contribution in [3.8, 4) is 0 Å². The van der Waals surface area contributed by atoms with Gasteiger partial charge in [-0.3, -0.25) is 5.43 Å². The molecule has 2 aromatic carbocycles. The van der Waals surface area contributed by atoms with Crippen molar-refractivity contribution in [2.24, 2.45) is 10.3 Å². The normalized spacial score (nSPS) is 11.7. The zero-order chi connectivity index (χ0) is 16.7. The zero-order valence-electron chi connectivity index (χ0n) is 12.5. The topological polar surface area (TPSA) is 89.3 Å². The maximum absolute atomic E-state index is 11.4. The van der Waals surface area contributed by atoms with Crippen LogP contribution in [0, 0.1) is 0 Å². The molecule has 0 saturated carbocycles. The van der Waals surface area contributed by atoms with E-state index in [2.05, 4.69) is 20.7 Å². The summed E-state index contributed by atoms with van der Waals surface area (Å²) in [6.07, 6.45) is 1.16. The Morgan fingerprint density at radius 1 is 1.04 bits per heavy atom. The molecule has 0 saturated heterocycles. The third-order valence-corrected chi connectivity index (χ3v) is 4.46. The molecule has 0 radical (unpaired) electrons. The van der Waals surface area contributed by atoms with Crippen LogP contribution in [0.15, 0.2) is 68.7 Å². The Kier molecular flexibility index (Phi) is 6.11. The first-order valence-electron chi connectivity index (χ1n) is 6.43. The number of hydrogen-bond acceptors (Lipinski definition) is 7.